The number of ether oxygens (including phenoxy) is 1. The third-order valence-corrected chi connectivity index (χ3v) is 4.73. The maximum absolute atomic E-state index is 11.4. The fraction of sp³-hybridized carbons (Fsp3) is 1.00. The van der Waals surface area contributed by atoms with E-state index in [4.69, 9.17) is 4.74 Å². The standard InChI is InChI=1S/C12H26N2O3S/c1-12(2,3)13-9-11(10-17-4)14-5-7-18(15,16)8-6-14/h11,13H,5-10H2,1-4H3. The molecule has 0 aromatic rings. The van der Waals surface area contributed by atoms with Crippen LogP contribution in [0.4, 0.5) is 0 Å². The van der Waals surface area contributed by atoms with E-state index in [1.54, 1.807) is 7.11 Å². The average Bonchev–Trinajstić information content (AvgIpc) is 2.23. The SMILES string of the molecule is COCC(CNC(C)(C)C)N1CCS(=O)(=O)CC1. The Bertz CT molecular complexity index is 335. The number of nitrogens with zero attached hydrogens (tertiary/aromatic N) is 1. The van der Waals surface area contributed by atoms with Crippen molar-refractivity contribution < 1.29 is 13.2 Å². The van der Waals surface area contributed by atoms with Gasteiger partial charge in [0.1, 0.15) is 0 Å². The first-order valence-electron chi connectivity index (χ1n) is 6.42. The molecule has 1 N–H and O–H groups in total. The summed E-state index contributed by atoms with van der Waals surface area (Å²) in [6.45, 7) is 9.04. The minimum atomic E-state index is -2.81. The zero-order valence-corrected chi connectivity index (χ0v) is 12.7. The highest BCUT2D eigenvalue weighted by Crippen LogP contribution is 2.09. The molecule has 0 amide bonds. The third-order valence-electron chi connectivity index (χ3n) is 3.12. The molecule has 0 spiro atoms. The first-order valence-corrected chi connectivity index (χ1v) is 8.24. The zero-order valence-electron chi connectivity index (χ0n) is 11.9. The molecule has 0 saturated carbocycles. The van der Waals surface area contributed by atoms with Crippen molar-refractivity contribution in [3.8, 4) is 0 Å². The Balaban J connectivity index is 2.52. The molecule has 1 aliphatic rings. The van der Waals surface area contributed by atoms with Crippen LogP contribution < -0.4 is 5.32 Å². The van der Waals surface area contributed by atoms with Gasteiger partial charge in [-0.15, -0.1) is 0 Å². The fourth-order valence-electron chi connectivity index (χ4n) is 2.00. The summed E-state index contributed by atoms with van der Waals surface area (Å²) in [4.78, 5) is 2.21. The highest BCUT2D eigenvalue weighted by atomic mass is 32.2. The van der Waals surface area contributed by atoms with E-state index in [1.165, 1.54) is 0 Å². The molecule has 6 heteroatoms. The summed E-state index contributed by atoms with van der Waals surface area (Å²) in [5.41, 5.74) is 0.0633. The van der Waals surface area contributed by atoms with Crippen LogP contribution in [-0.2, 0) is 14.6 Å². The minimum absolute atomic E-state index is 0.0633. The second-order valence-corrected chi connectivity index (χ2v) is 8.23. The van der Waals surface area contributed by atoms with Gasteiger partial charge in [0.25, 0.3) is 0 Å². The van der Waals surface area contributed by atoms with Crippen LogP contribution in [0.3, 0.4) is 0 Å². The molecule has 1 unspecified atom stereocenters. The van der Waals surface area contributed by atoms with E-state index >= 15 is 0 Å². The van der Waals surface area contributed by atoms with Gasteiger partial charge in [0.15, 0.2) is 9.84 Å². The molecule has 1 aliphatic heterocycles. The molecule has 0 aromatic heterocycles. The Morgan fingerprint density at radius 2 is 1.83 bits per heavy atom. The van der Waals surface area contributed by atoms with E-state index in [0.717, 1.165) is 6.54 Å². The molecule has 1 fully saturated rings. The number of hydrogen-bond donors (Lipinski definition) is 1. The second kappa shape index (κ2) is 6.32. The van der Waals surface area contributed by atoms with Crippen LogP contribution in [0.2, 0.25) is 0 Å². The van der Waals surface area contributed by atoms with E-state index in [-0.39, 0.29) is 23.1 Å². The van der Waals surface area contributed by atoms with Crippen molar-refractivity contribution in [1.82, 2.24) is 10.2 Å². The number of sulfone groups is 1. The first kappa shape index (κ1) is 15.9. The van der Waals surface area contributed by atoms with E-state index in [2.05, 4.69) is 31.0 Å². The van der Waals surface area contributed by atoms with Crippen LogP contribution in [0.1, 0.15) is 20.8 Å². The summed E-state index contributed by atoms with van der Waals surface area (Å²) in [5, 5.41) is 3.45. The number of hydrogen-bond acceptors (Lipinski definition) is 5. The summed E-state index contributed by atoms with van der Waals surface area (Å²) < 4.78 is 28.1. The molecule has 0 bridgehead atoms. The van der Waals surface area contributed by atoms with Gasteiger partial charge in [-0.2, -0.15) is 0 Å². The van der Waals surface area contributed by atoms with Crippen molar-refractivity contribution in [3.63, 3.8) is 0 Å². The summed E-state index contributed by atoms with van der Waals surface area (Å²) in [7, 11) is -1.13. The van der Waals surface area contributed by atoms with Crippen molar-refractivity contribution in [2.24, 2.45) is 0 Å². The van der Waals surface area contributed by atoms with Crippen molar-refractivity contribution in [3.05, 3.63) is 0 Å². The first-order chi connectivity index (χ1) is 8.23. The predicted molar refractivity (Wildman–Crippen MR) is 73.6 cm³/mol. The van der Waals surface area contributed by atoms with Crippen LogP contribution in [0.25, 0.3) is 0 Å². The summed E-state index contributed by atoms with van der Waals surface area (Å²) in [6, 6.07) is 0.240. The lowest BCUT2D eigenvalue weighted by Gasteiger charge is -2.35. The normalized spacial score (nSPS) is 22.9. The van der Waals surface area contributed by atoms with Crippen LogP contribution in [0, 0.1) is 0 Å². The quantitative estimate of drug-likeness (QED) is 0.774. The number of nitrogens with one attached hydrogen (secondary N) is 1. The summed E-state index contributed by atoms with van der Waals surface area (Å²) in [5.74, 6) is 0.533. The Hall–Kier alpha value is -0.170. The van der Waals surface area contributed by atoms with Crippen LogP contribution >= 0.6 is 0 Å². The van der Waals surface area contributed by atoms with E-state index in [0.29, 0.717) is 19.7 Å². The lowest BCUT2D eigenvalue weighted by atomic mass is 10.1. The summed E-state index contributed by atoms with van der Waals surface area (Å²) >= 11 is 0. The molecule has 1 saturated heterocycles. The molecule has 18 heavy (non-hydrogen) atoms. The number of methoxy groups -OCH3 is 1. The zero-order chi connectivity index (χ0) is 13.8. The molecular weight excluding hydrogens is 252 g/mol. The van der Waals surface area contributed by atoms with Gasteiger partial charge >= 0.3 is 0 Å². The Kier molecular flexibility index (Phi) is 5.58. The average molecular weight is 278 g/mol. The molecule has 108 valence electrons. The highest BCUT2D eigenvalue weighted by molar-refractivity contribution is 7.91. The molecule has 0 aliphatic carbocycles. The monoisotopic (exact) mass is 278 g/mol. The molecule has 1 heterocycles. The molecule has 0 radical (unpaired) electrons. The van der Waals surface area contributed by atoms with Gasteiger partial charge in [-0.05, 0) is 20.8 Å². The van der Waals surface area contributed by atoms with Gasteiger partial charge in [-0.3, -0.25) is 4.90 Å². The maximum Gasteiger partial charge on any atom is 0.152 e. The minimum Gasteiger partial charge on any atom is -0.383 e. The topological polar surface area (TPSA) is 58.6 Å². The van der Waals surface area contributed by atoms with Crippen LogP contribution in [0.5, 0.6) is 0 Å². The molecule has 5 nitrogen and oxygen atoms in total. The van der Waals surface area contributed by atoms with Gasteiger partial charge in [-0.25, -0.2) is 8.42 Å². The fourth-order valence-corrected chi connectivity index (χ4v) is 3.23. The lowest BCUT2D eigenvalue weighted by molar-refractivity contribution is 0.0906. The molecule has 0 aromatic carbocycles. The predicted octanol–water partition coefficient (Wildman–Crippen LogP) is 0.120. The smallest absolute Gasteiger partial charge is 0.152 e. The highest BCUT2D eigenvalue weighted by Gasteiger charge is 2.27. The van der Waals surface area contributed by atoms with E-state index in [1.807, 2.05) is 0 Å². The van der Waals surface area contributed by atoms with Gasteiger partial charge in [0.2, 0.25) is 0 Å². The van der Waals surface area contributed by atoms with Gasteiger partial charge in [0.05, 0.1) is 18.1 Å². The van der Waals surface area contributed by atoms with Gasteiger partial charge < -0.3 is 10.1 Å². The van der Waals surface area contributed by atoms with Crippen LogP contribution in [0.15, 0.2) is 0 Å². The molecule has 1 atom stereocenters. The van der Waals surface area contributed by atoms with Gasteiger partial charge in [0, 0.05) is 38.3 Å². The Morgan fingerprint density at radius 1 is 1.28 bits per heavy atom. The van der Waals surface area contributed by atoms with E-state index in [9.17, 15) is 8.42 Å². The largest absolute Gasteiger partial charge is 0.383 e. The van der Waals surface area contributed by atoms with Crippen molar-refractivity contribution in [2.75, 3.05) is 44.9 Å². The number of rotatable bonds is 5. The molecule has 1 rings (SSSR count). The Labute approximate surface area is 111 Å². The summed E-state index contributed by atoms with van der Waals surface area (Å²) in [6.07, 6.45) is 0. The van der Waals surface area contributed by atoms with Gasteiger partial charge in [-0.1, -0.05) is 0 Å². The van der Waals surface area contributed by atoms with Crippen molar-refractivity contribution in [2.45, 2.75) is 32.4 Å². The van der Waals surface area contributed by atoms with Crippen molar-refractivity contribution >= 4 is 9.84 Å². The maximum atomic E-state index is 11.4. The second-order valence-electron chi connectivity index (χ2n) is 5.93. The lowest BCUT2D eigenvalue weighted by Crippen LogP contribution is -2.53. The van der Waals surface area contributed by atoms with Crippen LogP contribution in [-0.4, -0.2) is 69.8 Å². The Morgan fingerprint density at radius 3 is 2.28 bits per heavy atom. The third kappa shape index (κ3) is 5.65. The van der Waals surface area contributed by atoms with Crippen molar-refractivity contribution in [1.29, 1.82) is 0 Å². The van der Waals surface area contributed by atoms with E-state index < -0.39 is 9.84 Å². The molecular formula is C12H26N2O3S.